The molecule has 120 valence electrons. The average molecular weight is 320 g/mol. The van der Waals surface area contributed by atoms with Crippen LogP contribution in [-0.4, -0.2) is 10.9 Å². The Kier molecular flexibility index (Phi) is 4.96. The van der Waals surface area contributed by atoms with Crippen LogP contribution >= 0.6 is 0 Å². The quantitative estimate of drug-likeness (QED) is 0.763. The number of rotatable bonds is 5. The largest absolute Gasteiger partial charge is 0.341 e. The lowest BCUT2D eigenvalue weighted by atomic mass is 9.96. The molecule has 0 bridgehead atoms. The van der Waals surface area contributed by atoms with E-state index in [0.717, 1.165) is 0 Å². The van der Waals surface area contributed by atoms with Crippen molar-refractivity contribution in [1.29, 1.82) is 0 Å². The second-order valence-electron chi connectivity index (χ2n) is 5.39. The lowest BCUT2D eigenvalue weighted by molar-refractivity contribution is 0.0903. The van der Waals surface area contributed by atoms with Crippen LogP contribution in [0.1, 0.15) is 33.8 Å². The van der Waals surface area contributed by atoms with Crippen LogP contribution in [0, 0.1) is 0 Å². The number of carbonyl (C=O) groups is 1. The van der Waals surface area contributed by atoms with Gasteiger partial charge in [0.2, 0.25) is 0 Å². The van der Waals surface area contributed by atoms with Crippen LogP contribution in [0.4, 0.5) is 4.39 Å². The van der Waals surface area contributed by atoms with E-state index >= 15 is 4.39 Å². The summed E-state index contributed by atoms with van der Waals surface area (Å²) < 4.78 is 15.1. The third kappa shape index (κ3) is 3.66. The second-order valence-corrected chi connectivity index (χ2v) is 5.39. The van der Waals surface area contributed by atoms with Crippen LogP contribution in [0.3, 0.4) is 0 Å². The van der Waals surface area contributed by atoms with Gasteiger partial charge in [0.25, 0.3) is 5.91 Å². The molecule has 1 N–H and O–H groups in total. The molecule has 0 saturated carbocycles. The molecule has 1 amide bonds. The standard InChI is InChI=1S/C20H17FN2O/c21-18(15-9-3-1-4-10-15)19(16-11-5-2-6-12-16)23-20(24)17-13-7-8-14-22-17/h1-14,18-19H,(H,23,24)/t18-,19-/m1/s1. The monoisotopic (exact) mass is 320 g/mol. The topological polar surface area (TPSA) is 42.0 Å². The lowest BCUT2D eigenvalue weighted by Crippen LogP contribution is -2.32. The van der Waals surface area contributed by atoms with Gasteiger partial charge in [0.05, 0.1) is 6.04 Å². The molecule has 0 saturated heterocycles. The zero-order valence-electron chi connectivity index (χ0n) is 13.0. The van der Waals surface area contributed by atoms with Crippen molar-refractivity contribution in [2.45, 2.75) is 12.2 Å². The summed E-state index contributed by atoms with van der Waals surface area (Å²) in [4.78, 5) is 16.4. The van der Waals surface area contributed by atoms with Crippen molar-refractivity contribution in [1.82, 2.24) is 10.3 Å². The van der Waals surface area contributed by atoms with Crippen LogP contribution in [0.2, 0.25) is 0 Å². The van der Waals surface area contributed by atoms with Gasteiger partial charge in [0, 0.05) is 6.20 Å². The maximum Gasteiger partial charge on any atom is 0.270 e. The van der Waals surface area contributed by atoms with Gasteiger partial charge in [-0.25, -0.2) is 4.39 Å². The first-order valence-corrected chi connectivity index (χ1v) is 7.71. The van der Waals surface area contributed by atoms with Gasteiger partial charge >= 0.3 is 0 Å². The Morgan fingerprint density at radius 2 is 1.42 bits per heavy atom. The molecule has 1 heterocycles. The maximum atomic E-state index is 15.1. The first-order valence-electron chi connectivity index (χ1n) is 7.71. The number of hydrogen-bond acceptors (Lipinski definition) is 2. The Labute approximate surface area is 140 Å². The number of nitrogens with one attached hydrogen (secondary N) is 1. The van der Waals surface area contributed by atoms with Crippen molar-refractivity contribution < 1.29 is 9.18 Å². The van der Waals surface area contributed by atoms with E-state index in [0.29, 0.717) is 11.1 Å². The van der Waals surface area contributed by atoms with E-state index in [1.807, 2.05) is 24.3 Å². The molecule has 0 fully saturated rings. The first-order chi connectivity index (χ1) is 11.8. The molecule has 3 nitrogen and oxygen atoms in total. The number of aromatic nitrogens is 1. The summed E-state index contributed by atoms with van der Waals surface area (Å²) in [5.41, 5.74) is 1.49. The fourth-order valence-corrected chi connectivity index (χ4v) is 2.53. The number of carbonyl (C=O) groups excluding carboxylic acids is 1. The van der Waals surface area contributed by atoms with Crippen molar-refractivity contribution in [3.8, 4) is 0 Å². The number of amides is 1. The molecule has 0 aliphatic heterocycles. The van der Waals surface area contributed by atoms with Crippen LogP contribution in [0.25, 0.3) is 0 Å². The Morgan fingerprint density at radius 1 is 0.833 bits per heavy atom. The van der Waals surface area contributed by atoms with Gasteiger partial charge in [-0.15, -0.1) is 0 Å². The zero-order chi connectivity index (χ0) is 16.8. The molecule has 2 atom stereocenters. The molecule has 2 aromatic carbocycles. The lowest BCUT2D eigenvalue weighted by Gasteiger charge is -2.23. The molecule has 3 rings (SSSR count). The summed E-state index contributed by atoms with van der Waals surface area (Å²) in [7, 11) is 0. The highest BCUT2D eigenvalue weighted by atomic mass is 19.1. The Balaban J connectivity index is 1.90. The summed E-state index contributed by atoms with van der Waals surface area (Å²) in [6.07, 6.45) is 0.178. The van der Waals surface area contributed by atoms with Gasteiger partial charge in [-0.3, -0.25) is 9.78 Å². The van der Waals surface area contributed by atoms with E-state index in [4.69, 9.17) is 0 Å². The molecular weight excluding hydrogens is 303 g/mol. The van der Waals surface area contributed by atoms with Crippen LogP contribution in [0.5, 0.6) is 0 Å². The smallest absolute Gasteiger partial charge is 0.270 e. The highest BCUT2D eigenvalue weighted by Crippen LogP contribution is 2.32. The van der Waals surface area contributed by atoms with Crippen molar-refractivity contribution in [2.24, 2.45) is 0 Å². The molecule has 0 aliphatic carbocycles. The molecule has 0 aliphatic rings. The van der Waals surface area contributed by atoms with Gasteiger partial charge in [-0.1, -0.05) is 66.7 Å². The summed E-state index contributed by atoms with van der Waals surface area (Å²) in [5, 5.41) is 2.77. The SMILES string of the molecule is O=C(N[C@H](c1ccccc1)[C@H](F)c1ccccc1)c1ccccn1. The van der Waals surface area contributed by atoms with Crippen molar-refractivity contribution >= 4 is 5.91 Å². The van der Waals surface area contributed by atoms with Crippen molar-refractivity contribution in [3.05, 3.63) is 102 Å². The van der Waals surface area contributed by atoms with Gasteiger partial charge in [-0.2, -0.15) is 0 Å². The van der Waals surface area contributed by atoms with Gasteiger partial charge in [0.1, 0.15) is 11.9 Å². The molecule has 4 heteroatoms. The number of halogens is 1. The number of hydrogen-bond donors (Lipinski definition) is 1. The maximum absolute atomic E-state index is 15.1. The highest BCUT2D eigenvalue weighted by Gasteiger charge is 2.26. The summed E-state index contributed by atoms with van der Waals surface area (Å²) in [6, 6.07) is 22.2. The number of pyridine rings is 1. The van der Waals surface area contributed by atoms with E-state index in [1.165, 1.54) is 6.20 Å². The van der Waals surface area contributed by atoms with E-state index < -0.39 is 18.1 Å². The number of alkyl halides is 1. The number of nitrogens with zero attached hydrogens (tertiary/aromatic N) is 1. The minimum Gasteiger partial charge on any atom is -0.341 e. The highest BCUT2D eigenvalue weighted by molar-refractivity contribution is 5.92. The molecule has 24 heavy (non-hydrogen) atoms. The van der Waals surface area contributed by atoms with Crippen LogP contribution in [0.15, 0.2) is 85.1 Å². The minimum absolute atomic E-state index is 0.263. The van der Waals surface area contributed by atoms with E-state index in [-0.39, 0.29) is 5.69 Å². The third-order valence-electron chi connectivity index (χ3n) is 3.75. The van der Waals surface area contributed by atoms with Crippen molar-refractivity contribution in [2.75, 3.05) is 0 Å². The minimum atomic E-state index is -1.36. The molecule has 0 spiro atoms. The van der Waals surface area contributed by atoms with Crippen molar-refractivity contribution in [3.63, 3.8) is 0 Å². The Bertz CT molecular complexity index is 779. The van der Waals surface area contributed by atoms with Gasteiger partial charge in [0.15, 0.2) is 0 Å². The van der Waals surface area contributed by atoms with E-state index in [9.17, 15) is 4.79 Å². The molecule has 0 unspecified atom stereocenters. The Hall–Kier alpha value is -3.01. The second kappa shape index (κ2) is 7.51. The molecule has 3 aromatic rings. The van der Waals surface area contributed by atoms with E-state index in [1.54, 1.807) is 54.6 Å². The molecular formula is C20H17FN2O. The fraction of sp³-hybridized carbons (Fsp3) is 0.100. The average Bonchev–Trinajstić information content (AvgIpc) is 2.67. The summed E-state index contributed by atoms with van der Waals surface area (Å²) in [6.45, 7) is 0. The van der Waals surface area contributed by atoms with Crippen LogP contribution < -0.4 is 5.32 Å². The van der Waals surface area contributed by atoms with E-state index in [2.05, 4.69) is 10.3 Å². The Morgan fingerprint density at radius 3 is 2.00 bits per heavy atom. The molecule has 1 aromatic heterocycles. The van der Waals surface area contributed by atoms with Gasteiger partial charge in [-0.05, 0) is 23.3 Å². The zero-order valence-corrected chi connectivity index (χ0v) is 13.0. The number of benzene rings is 2. The predicted octanol–water partition coefficient (Wildman–Crippen LogP) is 4.26. The van der Waals surface area contributed by atoms with Gasteiger partial charge < -0.3 is 5.32 Å². The fourth-order valence-electron chi connectivity index (χ4n) is 2.53. The third-order valence-corrected chi connectivity index (χ3v) is 3.75. The first kappa shape index (κ1) is 15.9. The molecule has 0 radical (unpaired) electrons. The summed E-state index contributed by atoms with van der Waals surface area (Å²) >= 11 is 0. The normalized spacial score (nSPS) is 13.0. The summed E-state index contributed by atoms with van der Waals surface area (Å²) in [5.74, 6) is -0.400. The predicted molar refractivity (Wildman–Crippen MR) is 91.2 cm³/mol. The van der Waals surface area contributed by atoms with Crippen LogP contribution in [-0.2, 0) is 0 Å².